The zero-order valence-corrected chi connectivity index (χ0v) is 26.5. The van der Waals surface area contributed by atoms with Gasteiger partial charge in [-0.1, -0.05) is 30.3 Å². The summed E-state index contributed by atoms with van der Waals surface area (Å²) in [5.74, 6) is 0.118. The van der Waals surface area contributed by atoms with Crippen LogP contribution in [0, 0.1) is 17.8 Å². The topological polar surface area (TPSA) is 136 Å². The van der Waals surface area contributed by atoms with Crippen LogP contribution in [0.25, 0.3) is 16.7 Å². The summed E-state index contributed by atoms with van der Waals surface area (Å²) in [7, 11) is -2.04. The third-order valence-electron chi connectivity index (χ3n) is 9.99. The highest BCUT2D eigenvalue weighted by Crippen LogP contribution is 2.56. The number of sulfonamides is 1. The van der Waals surface area contributed by atoms with E-state index in [1.165, 1.54) is 13.4 Å². The Balaban J connectivity index is 1.15. The van der Waals surface area contributed by atoms with Crippen LogP contribution < -0.4 is 15.5 Å². The van der Waals surface area contributed by atoms with Crippen molar-refractivity contribution in [1.82, 2.24) is 19.6 Å². The number of esters is 1. The number of hydrogen-bond donors (Lipinski definition) is 2. The molecule has 0 unspecified atom stereocenters. The third kappa shape index (κ3) is 5.51. The molecular formula is C35H36N4O6S. The molecule has 11 heteroatoms. The smallest absolute Gasteiger partial charge is 0.355 e. The molecule has 2 aromatic carbocycles. The van der Waals surface area contributed by atoms with Crippen LogP contribution in [0.4, 0.5) is 0 Å². The van der Waals surface area contributed by atoms with Crippen molar-refractivity contribution in [3.8, 4) is 5.69 Å². The molecule has 2 heterocycles. The van der Waals surface area contributed by atoms with Crippen LogP contribution in [0.3, 0.4) is 0 Å². The third-order valence-corrected chi connectivity index (χ3v) is 10.8. The van der Waals surface area contributed by atoms with Gasteiger partial charge in [0.1, 0.15) is 11.3 Å². The number of carbonyl (C=O) groups excluding carboxylic acids is 2. The van der Waals surface area contributed by atoms with Gasteiger partial charge in [-0.25, -0.2) is 22.9 Å². The molecule has 2 N–H and O–H groups in total. The minimum absolute atomic E-state index is 0.00323. The van der Waals surface area contributed by atoms with Gasteiger partial charge in [0.15, 0.2) is 5.43 Å². The molecular weight excluding hydrogens is 604 g/mol. The van der Waals surface area contributed by atoms with E-state index in [0.717, 1.165) is 37.7 Å². The fraction of sp³-hybridized carbons (Fsp3) is 0.371. The standard InChI is InChI=1S/C35H36N4O6S/c1-45-34(42)30-28(31(40)27-9-6-14-36-32(27)39(30)26-7-4-3-5-8-26)17-21-10-12-23(13-11-21)33(41)37-29-24-15-22-16-25(29)20-35(18-22,19-24)38-46(2,43)44/h3-14,22,24-25,29,38H,15-20H2,1-2H3,(H,37,41)/t22-,24-,25+,29-,35+. The molecule has 5 atom stereocenters. The van der Waals surface area contributed by atoms with E-state index in [-0.39, 0.29) is 46.9 Å². The van der Waals surface area contributed by atoms with Crippen LogP contribution in [0.15, 0.2) is 77.7 Å². The van der Waals surface area contributed by atoms with Crippen LogP contribution >= 0.6 is 0 Å². The molecule has 238 valence electrons. The van der Waals surface area contributed by atoms with Crippen LogP contribution in [0.2, 0.25) is 0 Å². The Morgan fingerprint density at radius 2 is 1.67 bits per heavy atom. The summed E-state index contributed by atoms with van der Waals surface area (Å²) in [6.45, 7) is 0. The minimum atomic E-state index is -3.32. The molecule has 0 spiro atoms. The number of hydrogen-bond acceptors (Lipinski definition) is 7. The Hall–Kier alpha value is -4.35. The first-order valence-corrected chi connectivity index (χ1v) is 17.5. The van der Waals surface area contributed by atoms with Crippen LogP contribution in [0.1, 0.15) is 64.1 Å². The number of pyridine rings is 2. The summed E-state index contributed by atoms with van der Waals surface area (Å²) in [4.78, 5) is 45.0. The minimum Gasteiger partial charge on any atom is -0.464 e. The molecule has 4 aliphatic carbocycles. The molecule has 8 rings (SSSR count). The zero-order valence-electron chi connectivity index (χ0n) is 25.7. The largest absolute Gasteiger partial charge is 0.464 e. The number of nitrogens with zero attached hydrogens (tertiary/aromatic N) is 2. The van der Waals surface area contributed by atoms with Crippen LogP contribution in [-0.4, -0.2) is 54.8 Å². The van der Waals surface area contributed by atoms with Gasteiger partial charge in [0.05, 0.1) is 18.8 Å². The van der Waals surface area contributed by atoms with E-state index in [9.17, 15) is 22.8 Å². The van der Waals surface area contributed by atoms with Gasteiger partial charge in [-0.15, -0.1) is 0 Å². The van der Waals surface area contributed by atoms with E-state index in [1.54, 1.807) is 47.2 Å². The van der Waals surface area contributed by atoms with Crippen molar-refractivity contribution in [3.63, 3.8) is 0 Å². The van der Waals surface area contributed by atoms with Crippen molar-refractivity contribution in [2.75, 3.05) is 13.4 Å². The average molecular weight is 641 g/mol. The first-order chi connectivity index (χ1) is 22.0. The van der Waals surface area contributed by atoms with Crippen molar-refractivity contribution < 1.29 is 22.7 Å². The number of aromatic nitrogens is 2. The molecule has 4 saturated carbocycles. The van der Waals surface area contributed by atoms with Gasteiger partial charge in [-0.05, 0) is 91.8 Å². The number of carbonyl (C=O) groups is 2. The maximum absolute atomic E-state index is 13.8. The number of benzene rings is 2. The summed E-state index contributed by atoms with van der Waals surface area (Å²) < 4.78 is 34.0. The molecule has 0 saturated heterocycles. The lowest BCUT2D eigenvalue weighted by Crippen LogP contribution is -2.66. The molecule has 0 radical (unpaired) electrons. The summed E-state index contributed by atoms with van der Waals surface area (Å²) in [6.07, 6.45) is 7.29. The lowest BCUT2D eigenvalue weighted by atomic mass is 9.51. The number of rotatable bonds is 8. The molecule has 4 fully saturated rings. The fourth-order valence-corrected chi connectivity index (χ4v) is 9.59. The van der Waals surface area contributed by atoms with E-state index in [0.29, 0.717) is 28.2 Å². The van der Waals surface area contributed by atoms with Crippen molar-refractivity contribution in [2.24, 2.45) is 17.8 Å². The van der Waals surface area contributed by atoms with E-state index < -0.39 is 21.5 Å². The lowest BCUT2D eigenvalue weighted by Gasteiger charge is -2.59. The molecule has 1 amide bonds. The van der Waals surface area contributed by atoms with Gasteiger partial charge in [0.25, 0.3) is 5.91 Å². The average Bonchev–Trinajstić information content (AvgIpc) is 3.03. The number of amides is 1. The van der Waals surface area contributed by atoms with Crippen LogP contribution in [0.5, 0.6) is 0 Å². The summed E-state index contributed by atoms with van der Waals surface area (Å²) >= 11 is 0. The molecule has 4 bridgehead atoms. The maximum Gasteiger partial charge on any atom is 0.355 e. The van der Waals surface area contributed by atoms with Gasteiger partial charge < -0.3 is 10.1 Å². The normalized spacial score (nSPS) is 25.0. The summed E-state index contributed by atoms with van der Waals surface area (Å²) in [5, 5.41) is 3.66. The van der Waals surface area contributed by atoms with Gasteiger partial charge >= 0.3 is 5.97 Å². The molecule has 2 aromatic heterocycles. The lowest BCUT2D eigenvalue weighted by molar-refractivity contribution is -0.0347. The zero-order chi connectivity index (χ0) is 32.2. The second-order valence-electron chi connectivity index (χ2n) is 13.2. The van der Waals surface area contributed by atoms with Crippen molar-refractivity contribution in [3.05, 3.63) is 106 Å². The van der Waals surface area contributed by atoms with E-state index in [1.807, 2.05) is 30.3 Å². The Bertz CT molecular complexity index is 1990. The predicted octanol–water partition coefficient (Wildman–Crippen LogP) is 3.99. The first kappa shape index (κ1) is 30.3. The Morgan fingerprint density at radius 3 is 2.33 bits per heavy atom. The first-order valence-electron chi connectivity index (χ1n) is 15.6. The number of para-hydroxylation sites is 1. The van der Waals surface area contributed by atoms with Crippen molar-refractivity contribution in [2.45, 2.75) is 50.1 Å². The van der Waals surface area contributed by atoms with Gasteiger partial charge in [-0.2, -0.15) is 0 Å². The van der Waals surface area contributed by atoms with Gasteiger partial charge in [0, 0.05) is 41.0 Å². The van der Waals surface area contributed by atoms with E-state index in [4.69, 9.17) is 4.74 Å². The molecule has 10 nitrogen and oxygen atoms in total. The quantitative estimate of drug-likeness (QED) is 0.278. The highest BCUT2D eigenvalue weighted by molar-refractivity contribution is 7.88. The fourth-order valence-electron chi connectivity index (χ4n) is 8.56. The molecule has 46 heavy (non-hydrogen) atoms. The predicted molar refractivity (Wildman–Crippen MR) is 173 cm³/mol. The number of fused-ring (bicyclic) bond motifs is 1. The highest BCUT2D eigenvalue weighted by atomic mass is 32.2. The Morgan fingerprint density at radius 1 is 0.978 bits per heavy atom. The van der Waals surface area contributed by atoms with E-state index in [2.05, 4.69) is 15.0 Å². The monoisotopic (exact) mass is 640 g/mol. The van der Waals surface area contributed by atoms with Crippen LogP contribution in [-0.2, 0) is 21.2 Å². The number of ether oxygens (including phenoxy) is 1. The van der Waals surface area contributed by atoms with E-state index >= 15 is 0 Å². The van der Waals surface area contributed by atoms with Gasteiger partial charge in [-0.3, -0.25) is 14.2 Å². The second-order valence-corrected chi connectivity index (χ2v) is 14.9. The highest BCUT2D eigenvalue weighted by Gasteiger charge is 2.56. The molecule has 4 aromatic rings. The number of nitrogens with one attached hydrogen (secondary N) is 2. The van der Waals surface area contributed by atoms with Crippen molar-refractivity contribution >= 4 is 32.9 Å². The summed E-state index contributed by atoms with van der Waals surface area (Å²) in [6, 6.07) is 19.7. The van der Waals surface area contributed by atoms with Crippen molar-refractivity contribution in [1.29, 1.82) is 0 Å². The summed E-state index contributed by atoms with van der Waals surface area (Å²) in [5.41, 5.74) is 1.97. The number of methoxy groups -OCH3 is 1. The second kappa shape index (κ2) is 11.5. The molecule has 0 aliphatic heterocycles. The van der Waals surface area contributed by atoms with Gasteiger partial charge in [0.2, 0.25) is 10.0 Å². The molecule has 4 aliphatic rings. The Kier molecular flexibility index (Phi) is 7.56. The maximum atomic E-state index is 13.8. The SMILES string of the molecule is COC(=O)c1c(Cc2ccc(C(=O)N[C@@H]3[C@@H]4C[C@@H]5C[C@H]3C[C@](NS(C)(=O)=O)(C5)C4)cc2)c(=O)c2cccnc2n1-c1ccccc1. The Labute approximate surface area is 267 Å².